The number of carbonyl (C=O) groups is 2. The van der Waals surface area contributed by atoms with Crippen molar-refractivity contribution in [1.29, 1.82) is 0 Å². The molecule has 0 saturated heterocycles. The zero-order valence-corrected chi connectivity index (χ0v) is 16.8. The SMILES string of the molecule is C1=Cc2cccc3cccc(c23)C1.O=C(O)c1ccccc1.O=C(O)c1ccccc1. The number of carboxylic acid groups (broad SMARTS) is 2. The summed E-state index contributed by atoms with van der Waals surface area (Å²) >= 11 is 0. The predicted molar refractivity (Wildman–Crippen MR) is 123 cm³/mol. The third-order valence-corrected chi connectivity index (χ3v) is 4.70. The second-order valence-corrected chi connectivity index (χ2v) is 6.81. The molecule has 4 nitrogen and oxygen atoms in total. The van der Waals surface area contributed by atoms with Gasteiger partial charge in [-0.3, -0.25) is 0 Å². The summed E-state index contributed by atoms with van der Waals surface area (Å²) in [5.41, 5.74) is 3.48. The highest BCUT2D eigenvalue weighted by atomic mass is 16.4. The second-order valence-electron chi connectivity index (χ2n) is 6.81. The fourth-order valence-corrected chi connectivity index (χ4v) is 3.23. The van der Waals surface area contributed by atoms with Crippen molar-refractivity contribution in [2.75, 3.05) is 0 Å². The average Bonchev–Trinajstić information content (AvgIpc) is 2.82. The van der Waals surface area contributed by atoms with Gasteiger partial charge in [0, 0.05) is 0 Å². The smallest absolute Gasteiger partial charge is 0.335 e. The standard InChI is InChI=1S/C13H10.2C7H6O2/c1-4-10-6-2-8-12-9-3-7-11(5-1)13(10)12;2*8-7(9)6-4-2-1-3-5-6/h1-8H,9H2;2*1-5H,(H,8,9). The van der Waals surface area contributed by atoms with Crippen molar-refractivity contribution >= 4 is 28.8 Å². The molecule has 0 bridgehead atoms. The van der Waals surface area contributed by atoms with Gasteiger partial charge in [0.2, 0.25) is 0 Å². The number of allylic oxidation sites excluding steroid dienone is 1. The molecule has 0 saturated carbocycles. The molecule has 0 spiro atoms. The van der Waals surface area contributed by atoms with E-state index >= 15 is 0 Å². The molecule has 0 amide bonds. The van der Waals surface area contributed by atoms with Crippen molar-refractivity contribution in [2.45, 2.75) is 6.42 Å². The van der Waals surface area contributed by atoms with Crippen molar-refractivity contribution in [3.63, 3.8) is 0 Å². The van der Waals surface area contributed by atoms with Crippen molar-refractivity contribution < 1.29 is 19.8 Å². The van der Waals surface area contributed by atoms with E-state index in [9.17, 15) is 9.59 Å². The van der Waals surface area contributed by atoms with E-state index in [0.717, 1.165) is 6.42 Å². The summed E-state index contributed by atoms with van der Waals surface area (Å²) in [5.74, 6) is -1.76. The lowest BCUT2D eigenvalue weighted by Crippen LogP contribution is -1.93. The lowest BCUT2D eigenvalue weighted by molar-refractivity contribution is 0.0686. The van der Waals surface area contributed by atoms with Gasteiger partial charge in [-0.2, -0.15) is 0 Å². The fraction of sp³-hybridized carbons (Fsp3) is 0.0370. The highest BCUT2D eigenvalue weighted by Crippen LogP contribution is 2.27. The molecule has 1 aliphatic carbocycles. The Hall–Kier alpha value is -4.18. The molecule has 1 aliphatic rings. The lowest BCUT2D eigenvalue weighted by atomic mass is 9.93. The van der Waals surface area contributed by atoms with Crippen molar-refractivity contribution in [3.8, 4) is 0 Å². The summed E-state index contributed by atoms with van der Waals surface area (Å²) in [5, 5.41) is 19.6. The van der Waals surface area contributed by atoms with Crippen LogP contribution in [-0.2, 0) is 6.42 Å². The van der Waals surface area contributed by atoms with E-state index in [1.807, 2.05) is 0 Å². The maximum absolute atomic E-state index is 10.2. The molecule has 0 aromatic heterocycles. The minimum atomic E-state index is -0.879. The van der Waals surface area contributed by atoms with E-state index in [2.05, 4.69) is 48.6 Å². The van der Waals surface area contributed by atoms with Gasteiger partial charge in [-0.1, -0.05) is 84.9 Å². The molecule has 154 valence electrons. The Morgan fingerprint density at radius 2 is 1.13 bits per heavy atom. The van der Waals surface area contributed by atoms with Crippen molar-refractivity contribution in [3.05, 3.63) is 125 Å². The van der Waals surface area contributed by atoms with Crippen LogP contribution in [0.1, 0.15) is 31.8 Å². The van der Waals surface area contributed by atoms with Gasteiger partial charge in [0.05, 0.1) is 11.1 Å². The first-order valence-electron chi connectivity index (χ1n) is 9.80. The Morgan fingerprint density at radius 3 is 1.61 bits per heavy atom. The number of hydrogen-bond acceptors (Lipinski definition) is 2. The van der Waals surface area contributed by atoms with E-state index in [1.165, 1.54) is 21.9 Å². The minimum absolute atomic E-state index is 0.331. The van der Waals surface area contributed by atoms with Gasteiger partial charge in [0.15, 0.2) is 0 Å². The van der Waals surface area contributed by atoms with Crippen LogP contribution in [0.2, 0.25) is 0 Å². The molecule has 0 fully saturated rings. The van der Waals surface area contributed by atoms with Crippen LogP contribution in [0, 0.1) is 0 Å². The first-order chi connectivity index (χ1) is 15.1. The summed E-state index contributed by atoms with van der Waals surface area (Å²) in [6, 6.07) is 29.6. The molecule has 0 heterocycles. The summed E-state index contributed by atoms with van der Waals surface area (Å²) < 4.78 is 0. The molecule has 4 aromatic carbocycles. The molecule has 4 aromatic rings. The van der Waals surface area contributed by atoms with Crippen LogP contribution in [0.25, 0.3) is 16.8 Å². The molecule has 0 radical (unpaired) electrons. The molecule has 2 N–H and O–H groups in total. The number of aromatic carboxylic acids is 2. The van der Waals surface area contributed by atoms with Crippen LogP contribution in [0.15, 0.2) is 103 Å². The normalized spacial score (nSPS) is 10.8. The summed E-state index contributed by atoms with van der Waals surface area (Å²) in [7, 11) is 0. The predicted octanol–water partition coefficient (Wildman–Crippen LogP) is 6.18. The summed E-state index contributed by atoms with van der Waals surface area (Å²) in [4.78, 5) is 20.4. The third kappa shape index (κ3) is 5.90. The molecule has 0 atom stereocenters. The van der Waals surface area contributed by atoms with Crippen LogP contribution in [0.4, 0.5) is 0 Å². The fourth-order valence-electron chi connectivity index (χ4n) is 3.23. The monoisotopic (exact) mass is 410 g/mol. The van der Waals surface area contributed by atoms with Gasteiger partial charge in [0.1, 0.15) is 0 Å². The van der Waals surface area contributed by atoms with Gasteiger partial charge < -0.3 is 10.2 Å². The van der Waals surface area contributed by atoms with E-state index in [-0.39, 0.29) is 0 Å². The van der Waals surface area contributed by atoms with E-state index in [4.69, 9.17) is 10.2 Å². The molecule has 4 heteroatoms. The van der Waals surface area contributed by atoms with Crippen molar-refractivity contribution in [1.82, 2.24) is 0 Å². The van der Waals surface area contributed by atoms with E-state index < -0.39 is 11.9 Å². The van der Waals surface area contributed by atoms with Crippen LogP contribution in [0.3, 0.4) is 0 Å². The van der Waals surface area contributed by atoms with Crippen LogP contribution < -0.4 is 0 Å². The summed E-state index contributed by atoms with van der Waals surface area (Å²) in [6.07, 6.45) is 5.53. The highest BCUT2D eigenvalue weighted by Gasteiger charge is 2.06. The largest absolute Gasteiger partial charge is 0.478 e. The zero-order valence-electron chi connectivity index (χ0n) is 16.8. The van der Waals surface area contributed by atoms with Gasteiger partial charge >= 0.3 is 11.9 Å². The Labute approximate surface area is 180 Å². The topological polar surface area (TPSA) is 74.6 Å². The minimum Gasteiger partial charge on any atom is -0.478 e. The van der Waals surface area contributed by atoms with Crippen LogP contribution in [-0.4, -0.2) is 22.2 Å². The molecule has 0 aliphatic heterocycles. The average molecular weight is 410 g/mol. The van der Waals surface area contributed by atoms with E-state index in [1.54, 1.807) is 60.7 Å². The van der Waals surface area contributed by atoms with Gasteiger partial charge in [0.25, 0.3) is 0 Å². The number of benzene rings is 4. The lowest BCUT2D eigenvalue weighted by Gasteiger charge is -2.11. The zero-order chi connectivity index (χ0) is 22.1. The Morgan fingerprint density at radius 1 is 0.613 bits per heavy atom. The van der Waals surface area contributed by atoms with Gasteiger partial charge in [-0.25, -0.2) is 9.59 Å². The Kier molecular flexibility index (Phi) is 7.33. The number of hydrogen-bond donors (Lipinski definition) is 2. The quantitative estimate of drug-likeness (QED) is 0.414. The Balaban J connectivity index is 0.000000136. The maximum Gasteiger partial charge on any atom is 0.335 e. The first kappa shape index (κ1) is 21.5. The first-order valence-corrected chi connectivity index (χ1v) is 9.80. The van der Waals surface area contributed by atoms with Gasteiger partial charge in [-0.05, 0) is 52.6 Å². The molecule has 5 rings (SSSR count). The van der Waals surface area contributed by atoms with E-state index in [0.29, 0.717) is 11.1 Å². The molecular weight excluding hydrogens is 388 g/mol. The van der Waals surface area contributed by atoms with Crippen LogP contribution in [0.5, 0.6) is 0 Å². The number of rotatable bonds is 2. The molecule has 31 heavy (non-hydrogen) atoms. The highest BCUT2D eigenvalue weighted by molar-refractivity contribution is 5.94. The van der Waals surface area contributed by atoms with Gasteiger partial charge in [-0.15, -0.1) is 0 Å². The third-order valence-electron chi connectivity index (χ3n) is 4.70. The molecule has 0 unspecified atom stereocenters. The molecular formula is C27H22O4. The number of carboxylic acids is 2. The Bertz CT molecular complexity index is 1140. The van der Waals surface area contributed by atoms with Crippen molar-refractivity contribution in [2.24, 2.45) is 0 Å². The second kappa shape index (κ2) is 10.6. The maximum atomic E-state index is 10.2. The summed E-state index contributed by atoms with van der Waals surface area (Å²) in [6.45, 7) is 0. The van der Waals surface area contributed by atoms with Crippen LogP contribution >= 0.6 is 0 Å².